The Balaban J connectivity index is 2.52. The van der Waals surface area contributed by atoms with E-state index in [1.54, 1.807) is 31.3 Å². The van der Waals surface area contributed by atoms with Gasteiger partial charge in [0, 0.05) is 23.2 Å². The van der Waals surface area contributed by atoms with Gasteiger partial charge in [0.2, 0.25) is 5.91 Å². The van der Waals surface area contributed by atoms with E-state index >= 15 is 0 Å². The first-order valence-corrected chi connectivity index (χ1v) is 6.75. The van der Waals surface area contributed by atoms with Gasteiger partial charge in [0.1, 0.15) is 12.4 Å². The Labute approximate surface area is 128 Å². The first-order valence-electron chi connectivity index (χ1n) is 6.37. The number of benzene rings is 1. The van der Waals surface area contributed by atoms with E-state index in [0.29, 0.717) is 23.9 Å². The number of amides is 1. The van der Waals surface area contributed by atoms with E-state index in [9.17, 15) is 9.59 Å². The van der Waals surface area contributed by atoms with Crippen molar-refractivity contribution in [3.8, 4) is 5.75 Å². The summed E-state index contributed by atoms with van der Waals surface area (Å²) in [6, 6.07) is 6.91. The smallest absolute Gasteiger partial charge is 0.331 e. The van der Waals surface area contributed by atoms with Gasteiger partial charge in [0.15, 0.2) is 0 Å². The maximum atomic E-state index is 12.0. The molecule has 1 N–H and O–H groups in total. The number of aliphatic carboxylic acids is 1. The molecule has 0 bridgehead atoms. The van der Waals surface area contributed by atoms with Crippen molar-refractivity contribution in [2.24, 2.45) is 0 Å². The van der Waals surface area contributed by atoms with Crippen LogP contribution in [-0.4, -0.2) is 42.1 Å². The average molecular weight is 312 g/mol. The highest BCUT2D eigenvalue weighted by Crippen LogP contribution is 2.15. The first-order chi connectivity index (χ1) is 9.82. The van der Waals surface area contributed by atoms with E-state index in [1.165, 1.54) is 18.7 Å². The number of hydrogen-bond acceptors (Lipinski definition) is 3. The molecule has 0 heterocycles. The Hall–Kier alpha value is -2.01. The summed E-state index contributed by atoms with van der Waals surface area (Å²) < 4.78 is 5.48. The molecule has 0 saturated carbocycles. The highest BCUT2D eigenvalue weighted by atomic mass is 35.5. The predicted molar refractivity (Wildman–Crippen MR) is 80.6 cm³/mol. The fraction of sp³-hybridized carbons (Fsp3) is 0.333. The van der Waals surface area contributed by atoms with Crippen molar-refractivity contribution >= 4 is 23.5 Å². The molecule has 1 rings (SSSR count). The van der Waals surface area contributed by atoms with Gasteiger partial charge < -0.3 is 14.7 Å². The van der Waals surface area contributed by atoms with Crippen LogP contribution in [0.5, 0.6) is 5.75 Å². The summed E-state index contributed by atoms with van der Waals surface area (Å²) in [6.45, 7) is 3.57. The van der Waals surface area contributed by atoms with Crippen molar-refractivity contribution in [2.45, 2.75) is 13.8 Å². The average Bonchev–Trinajstić information content (AvgIpc) is 2.46. The Morgan fingerprint density at radius 1 is 1.19 bits per heavy atom. The minimum atomic E-state index is -1.09. The van der Waals surface area contributed by atoms with Gasteiger partial charge in [-0.15, -0.1) is 0 Å². The molecule has 0 fully saturated rings. The summed E-state index contributed by atoms with van der Waals surface area (Å²) in [5, 5.41) is 9.49. The van der Waals surface area contributed by atoms with Gasteiger partial charge in [0.25, 0.3) is 0 Å². The van der Waals surface area contributed by atoms with E-state index in [2.05, 4.69) is 0 Å². The third-order valence-electron chi connectivity index (χ3n) is 3.06. The number of likely N-dealkylation sites (N-methyl/N-ethyl adjacent to an activating group) is 1. The number of carboxylic acids is 1. The largest absolute Gasteiger partial charge is 0.492 e. The molecular weight excluding hydrogens is 294 g/mol. The van der Waals surface area contributed by atoms with Crippen LogP contribution in [-0.2, 0) is 9.59 Å². The molecule has 6 heteroatoms. The van der Waals surface area contributed by atoms with Crippen LogP contribution >= 0.6 is 11.6 Å². The van der Waals surface area contributed by atoms with E-state index in [1.807, 2.05) is 0 Å². The molecule has 114 valence electrons. The second-order valence-corrected chi connectivity index (χ2v) is 5.02. The third kappa shape index (κ3) is 5.11. The van der Waals surface area contributed by atoms with Crippen LogP contribution in [0.15, 0.2) is 35.4 Å². The van der Waals surface area contributed by atoms with Crippen molar-refractivity contribution in [2.75, 3.05) is 20.2 Å². The zero-order valence-corrected chi connectivity index (χ0v) is 13.0. The number of rotatable bonds is 6. The number of halogens is 1. The number of nitrogens with zero attached hydrogens (tertiary/aromatic N) is 1. The number of carbonyl (C=O) groups excluding carboxylic acids is 1. The molecule has 0 unspecified atom stereocenters. The molecular formula is C15H18ClNO4. The molecule has 1 aromatic rings. The molecule has 5 nitrogen and oxygen atoms in total. The molecule has 0 saturated heterocycles. The quantitative estimate of drug-likeness (QED) is 0.820. The topological polar surface area (TPSA) is 66.8 Å². The summed E-state index contributed by atoms with van der Waals surface area (Å²) in [5.41, 5.74) is 0.266. The zero-order valence-electron chi connectivity index (χ0n) is 12.2. The highest BCUT2D eigenvalue weighted by molar-refractivity contribution is 6.30. The lowest BCUT2D eigenvalue weighted by atomic mass is 10.1. The molecule has 0 atom stereocenters. The maximum Gasteiger partial charge on any atom is 0.331 e. The molecule has 21 heavy (non-hydrogen) atoms. The van der Waals surface area contributed by atoms with Crippen LogP contribution in [0.4, 0.5) is 0 Å². The van der Waals surface area contributed by atoms with Crippen LogP contribution < -0.4 is 4.74 Å². The van der Waals surface area contributed by atoms with Crippen molar-refractivity contribution in [1.82, 2.24) is 4.90 Å². The fourth-order valence-corrected chi connectivity index (χ4v) is 1.67. The zero-order chi connectivity index (χ0) is 16.0. The number of hydrogen-bond donors (Lipinski definition) is 1. The van der Waals surface area contributed by atoms with Gasteiger partial charge in [0.05, 0.1) is 6.54 Å². The lowest BCUT2D eigenvalue weighted by Crippen LogP contribution is -2.32. The monoisotopic (exact) mass is 311 g/mol. The van der Waals surface area contributed by atoms with Crippen LogP contribution in [0, 0.1) is 0 Å². The molecule has 0 aromatic heterocycles. The summed E-state index contributed by atoms with van der Waals surface area (Å²) in [6.07, 6.45) is 0. The number of carboxylic acid groups (broad SMARTS) is 1. The van der Waals surface area contributed by atoms with Crippen LogP contribution in [0.3, 0.4) is 0 Å². The standard InChI is InChI=1S/C15H18ClNO4/c1-10(11(2)15(19)20)14(18)17(3)8-9-21-13-6-4-12(16)5-7-13/h4-7H,8-9H2,1-3H3,(H,19,20). The second kappa shape index (κ2) is 7.69. The van der Waals surface area contributed by atoms with Gasteiger partial charge in [-0.1, -0.05) is 11.6 Å². The van der Waals surface area contributed by atoms with Crippen molar-refractivity contribution in [3.63, 3.8) is 0 Å². The minimum Gasteiger partial charge on any atom is -0.492 e. The van der Waals surface area contributed by atoms with Crippen LogP contribution in [0.1, 0.15) is 13.8 Å². The Kier molecular flexibility index (Phi) is 6.24. The van der Waals surface area contributed by atoms with Gasteiger partial charge in [-0.25, -0.2) is 4.79 Å². The summed E-state index contributed by atoms with van der Waals surface area (Å²) in [7, 11) is 1.60. The third-order valence-corrected chi connectivity index (χ3v) is 3.31. The summed E-state index contributed by atoms with van der Waals surface area (Å²) in [4.78, 5) is 24.3. The normalized spacial score (nSPS) is 11.6. The van der Waals surface area contributed by atoms with Gasteiger partial charge >= 0.3 is 5.97 Å². The fourth-order valence-electron chi connectivity index (χ4n) is 1.54. The van der Waals surface area contributed by atoms with E-state index in [4.69, 9.17) is 21.4 Å². The Morgan fingerprint density at radius 2 is 1.76 bits per heavy atom. The molecule has 0 aliphatic heterocycles. The second-order valence-electron chi connectivity index (χ2n) is 4.58. The Morgan fingerprint density at radius 3 is 2.29 bits per heavy atom. The van der Waals surface area contributed by atoms with Gasteiger partial charge in [-0.05, 0) is 38.1 Å². The Bertz CT molecular complexity index is 551. The minimum absolute atomic E-state index is 0.0467. The van der Waals surface area contributed by atoms with E-state index in [-0.39, 0.29) is 17.1 Å². The van der Waals surface area contributed by atoms with Gasteiger partial charge in [-0.2, -0.15) is 0 Å². The summed E-state index contributed by atoms with van der Waals surface area (Å²) in [5.74, 6) is -0.754. The SMILES string of the molecule is CC(C(=O)O)=C(C)C(=O)N(C)CCOc1ccc(Cl)cc1. The molecule has 0 aliphatic carbocycles. The van der Waals surface area contributed by atoms with E-state index < -0.39 is 5.97 Å². The molecule has 0 radical (unpaired) electrons. The highest BCUT2D eigenvalue weighted by Gasteiger charge is 2.16. The molecule has 0 spiro atoms. The maximum absolute atomic E-state index is 12.0. The van der Waals surface area contributed by atoms with Crippen molar-refractivity contribution < 1.29 is 19.4 Å². The lowest BCUT2D eigenvalue weighted by molar-refractivity contribution is -0.133. The number of carbonyl (C=O) groups is 2. The molecule has 1 amide bonds. The van der Waals surface area contributed by atoms with Gasteiger partial charge in [-0.3, -0.25) is 4.79 Å². The molecule has 1 aromatic carbocycles. The van der Waals surface area contributed by atoms with E-state index in [0.717, 1.165) is 0 Å². The predicted octanol–water partition coefficient (Wildman–Crippen LogP) is 2.60. The van der Waals surface area contributed by atoms with Crippen LogP contribution in [0.25, 0.3) is 0 Å². The van der Waals surface area contributed by atoms with Crippen molar-refractivity contribution in [1.29, 1.82) is 0 Å². The lowest BCUT2D eigenvalue weighted by Gasteiger charge is -2.18. The van der Waals surface area contributed by atoms with Crippen molar-refractivity contribution in [3.05, 3.63) is 40.4 Å². The first kappa shape index (κ1) is 17.0. The number of ether oxygens (including phenoxy) is 1. The summed E-state index contributed by atoms with van der Waals surface area (Å²) >= 11 is 5.77. The van der Waals surface area contributed by atoms with Crippen LogP contribution in [0.2, 0.25) is 5.02 Å². The molecule has 0 aliphatic rings.